The van der Waals surface area contributed by atoms with Crippen molar-refractivity contribution in [3.05, 3.63) is 34.3 Å². The molecule has 2 nitrogen and oxygen atoms in total. The zero-order valence-electron chi connectivity index (χ0n) is 7.45. The van der Waals surface area contributed by atoms with Gasteiger partial charge in [-0.25, -0.2) is 0 Å². The molecule has 0 bridgehead atoms. The van der Waals surface area contributed by atoms with Gasteiger partial charge in [0.05, 0.1) is 5.92 Å². The van der Waals surface area contributed by atoms with Gasteiger partial charge in [-0.05, 0) is 17.7 Å². The lowest BCUT2D eigenvalue weighted by Crippen LogP contribution is -2.03. The van der Waals surface area contributed by atoms with Crippen LogP contribution in [0.2, 0.25) is 0 Å². The number of carbonyl (C=O) groups is 1. The molecule has 80 valence electrons. The fourth-order valence-corrected chi connectivity index (χ4v) is 2.80. The summed E-state index contributed by atoms with van der Waals surface area (Å²) >= 11 is 15.1. The predicted octanol–water partition coefficient (Wildman–Crippen LogP) is 3.42. The molecular weight excluding hydrogens is 303 g/mol. The molecule has 1 fully saturated rings. The molecule has 1 N–H and O–H groups in total. The number of alkyl halides is 2. The van der Waals surface area contributed by atoms with Crippen molar-refractivity contribution < 1.29 is 9.90 Å². The smallest absolute Gasteiger partial charge is 0.310 e. The lowest BCUT2D eigenvalue weighted by Gasteiger charge is -1.99. The maximum Gasteiger partial charge on any atom is 0.310 e. The summed E-state index contributed by atoms with van der Waals surface area (Å²) in [5, 5.41) is 8.90. The van der Waals surface area contributed by atoms with Crippen LogP contribution >= 0.6 is 39.1 Å². The van der Waals surface area contributed by atoms with Gasteiger partial charge in [0, 0.05) is 10.4 Å². The van der Waals surface area contributed by atoms with E-state index in [4.69, 9.17) is 28.3 Å². The van der Waals surface area contributed by atoms with Crippen LogP contribution in [0.1, 0.15) is 11.5 Å². The van der Waals surface area contributed by atoms with Crippen LogP contribution in [0, 0.1) is 5.92 Å². The van der Waals surface area contributed by atoms with Crippen molar-refractivity contribution >= 4 is 45.1 Å². The topological polar surface area (TPSA) is 37.3 Å². The molecule has 0 aromatic heterocycles. The molecular formula is C10H7BrCl2O2. The van der Waals surface area contributed by atoms with Crippen molar-refractivity contribution in [3.8, 4) is 0 Å². The van der Waals surface area contributed by atoms with Crippen molar-refractivity contribution in [3.63, 3.8) is 0 Å². The Morgan fingerprint density at radius 2 is 1.87 bits per heavy atom. The highest BCUT2D eigenvalue weighted by atomic mass is 79.9. The van der Waals surface area contributed by atoms with Gasteiger partial charge >= 0.3 is 5.97 Å². The van der Waals surface area contributed by atoms with Gasteiger partial charge in [0.2, 0.25) is 0 Å². The first-order valence-corrected chi connectivity index (χ1v) is 5.85. The molecule has 2 atom stereocenters. The quantitative estimate of drug-likeness (QED) is 0.850. The molecule has 0 radical (unpaired) electrons. The summed E-state index contributed by atoms with van der Waals surface area (Å²) in [7, 11) is 0. The Kier molecular flexibility index (Phi) is 2.73. The van der Waals surface area contributed by atoms with Gasteiger partial charge in [0.1, 0.15) is 4.33 Å². The van der Waals surface area contributed by atoms with Crippen LogP contribution in [0.3, 0.4) is 0 Å². The average molecular weight is 310 g/mol. The van der Waals surface area contributed by atoms with Crippen LogP contribution in [-0.2, 0) is 4.79 Å². The summed E-state index contributed by atoms with van der Waals surface area (Å²) in [4.78, 5) is 10.8. The van der Waals surface area contributed by atoms with Gasteiger partial charge in [-0.2, -0.15) is 0 Å². The number of hydrogen-bond acceptors (Lipinski definition) is 1. The maximum atomic E-state index is 10.8. The third kappa shape index (κ3) is 1.88. The van der Waals surface area contributed by atoms with E-state index in [1.807, 2.05) is 24.3 Å². The molecule has 1 aliphatic carbocycles. The van der Waals surface area contributed by atoms with E-state index in [1.54, 1.807) is 0 Å². The molecule has 1 aromatic carbocycles. The molecule has 2 rings (SSSR count). The molecule has 0 heterocycles. The summed E-state index contributed by atoms with van der Waals surface area (Å²) < 4.78 is -0.229. The highest BCUT2D eigenvalue weighted by Gasteiger charge is 2.68. The van der Waals surface area contributed by atoms with Crippen LogP contribution in [0.25, 0.3) is 0 Å². The molecule has 5 heteroatoms. The largest absolute Gasteiger partial charge is 0.481 e. The van der Waals surface area contributed by atoms with E-state index in [2.05, 4.69) is 15.9 Å². The van der Waals surface area contributed by atoms with E-state index in [1.165, 1.54) is 0 Å². The maximum absolute atomic E-state index is 10.8. The zero-order chi connectivity index (χ0) is 11.2. The number of rotatable bonds is 2. The van der Waals surface area contributed by atoms with E-state index in [-0.39, 0.29) is 5.92 Å². The second-order valence-corrected chi connectivity index (χ2v) is 5.88. The molecule has 0 saturated heterocycles. The molecule has 15 heavy (non-hydrogen) atoms. The Labute approximate surface area is 105 Å². The van der Waals surface area contributed by atoms with Gasteiger partial charge in [0.15, 0.2) is 0 Å². The number of benzene rings is 1. The van der Waals surface area contributed by atoms with Crippen LogP contribution in [0.5, 0.6) is 0 Å². The fraction of sp³-hybridized carbons (Fsp3) is 0.300. The number of carboxylic acids is 1. The van der Waals surface area contributed by atoms with Gasteiger partial charge in [-0.3, -0.25) is 4.79 Å². The SMILES string of the molecule is O=C(O)[C@H]1[C@H](c2ccc(Br)cc2)C1(Cl)Cl. The Balaban J connectivity index is 2.27. The first-order chi connectivity index (χ1) is 6.94. The molecule has 1 aliphatic rings. The number of halogens is 3. The Hall–Kier alpha value is -0.250. The number of hydrogen-bond donors (Lipinski definition) is 1. The van der Waals surface area contributed by atoms with E-state index in [0.29, 0.717) is 0 Å². The monoisotopic (exact) mass is 308 g/mol. The summed E-state index contributed by atoms with van der Waals surface area (Å²) in [6.07, 6.45) is 0. The second-order valence-electron chi connectivity index (χ2n) is 3.52. The van der Waals surface area contributed by atoms with Crippen LogP contribution in [0.4, 0.5) is 0 Å². The molecule has 1 aromatic rings. The van der Waals surface area contributed by atoms with Gasteiger partial charge in [-0.1, -0.05) is 51.3 Å². The van der Waals surface area contributed by atoms with Crippen molar-refractivity contribution in [1.29, 1.82) is 0 Å². The number of aliphatic carboxylic acids is 1. The Morgan fingerprint density at radius 1 is 1.33 bits per heavy atom. The molecule has 0 amide bonds. The lowest BCUT2D eigenvalue weighted by molar-refractivity contribution is -0.138. The minimum absolute atomic E-state index is 0.313. The normalized spacial score (nSPS) is 27.4. The third-order valence-corrected chi connectivity index (χ3v) is 4.02. The minimum Gasteiger partial charge on any atom is -0.481 e. The average Bonchev–Trinajstić information content (AvgIpc) is 2.70. The van der Waals surface area contributed by atoms with E-state index in [9.17, 15) is 4.79 Å². The molecule has 0 spiro atoms. The third-order valence-electron chi connectivity index (χ3n) is 2.55. The number of carboxylic acid groups (broad SMARTS) is 1. The van der Waals surface area contributed by atoms with Crippen LogP contribution < -0.4 is 0 Å². The van der Waals surface area contributed by atoms with Crippen LogP contribution in [0.15, 0.2) is 28.7 Å². The van der Waals surface area contributed by atoms with E-state index < -0.39 is 16.2 Å². The van der Waals surface area contributed by atoms with E-state index >= 15 is 0 Å². The van der Waals surface area contributed by atoms with E-state index in [0.717, 1.165) is 10.0 Å². The highest BCUT2D eigenvalue weighted by molar-refractivity contribution is 9.10. The van der Waals surface area contributed by atoms with Crippen molar-refractivity contribution in [2.45, 2.75) is 10.3 Å². The summed E-state index contributed by atoms with van der Waals surface area (Å²) in [5.41, 5.74) is 0.857. The summed E-state index contributed by atoms with van der Waals surface area (Å²) in [6, 6.07) is 7.35. The van der Waals surface area contributed by atoms with Gasteiger partial charge in [0.25, 0.3) is 0 Å². The lowest BCUT2D eigenvalue weighted by atomic mass is 10.1. The standard InChI is InChI=1S/C10H7BrCl2O2/c11-6-3-1-5(2-4-6)7-8(9(14)15)10(7,12)13/h1-4,7-8H,(H,14,15)/t7-,8+/m0/s1. The summed E-state index contributed by atoms with van der Waals surface area (Å²) in [5.74, 6) is -1.97. The highest BCUT2D eigenvalue weighted by Crippen LogP contribution is 2.64. The predicted molar refractivity (Wildman–Crippen MR) is 62.4 cm³/mol. The van der Waals surface area contributed by atoms with Gasteiger partial charge in [-0.15, -0.1) is 0 Å². The second kappa shape index (κ2) is 3.65. The molecule has 0 aliphatic heterocycles. The van der Waals surface area contributed by atoms with Crippen molar-refractivity contribution in [2.24, 2.45) is 5.92 Å². The zero-order valence-corrected chi connectivity index (χ0v) is 10.6. The molecule has 0 unspecified atom stereocenters. The van der Waals surface area contributed by atoms with Crippen molar-refractivity contribution in [2.75, 3.05) is 0 Å². The first kappa shape index (κ1) is 11.2. The Bertz CT molecular complexity index is 402. The molecule has 1 saturated carbocycles. The fourth-order valence-electron chi connectivity index (χ4n) is 1.72. The van der Waals surface area contributed by atoms with Crippen LogP contribution in [-0.4, -0.2) is 15.4 Å². The van der Waals surface area contributed by atoms with Crippen molar-refractivity contribution in [1.82, 2.24) is 0 Å². The van der Waals surface area contributed by atoms with Gasteiger partial charge < -0.3 is 5.11 Å². The summed E-state index contributed by atoms with van der Waals surface area (Å²) in [6.45, 7) is 0. The first-order valence-electron chi connectivity index (χ1n) is 4.30. The Morgan fingerprint density at radius 3 is 2.27 bits per heavy atom. The minimum atomic E-state index is -1.17.